The van der Waals surface area contributed by atoms with E-state index in [1.54, 1.807) is 0 Å². The molecule has 14 heteroatoms. The third-order valence-electron chi connectivity index (χ3n) is 15.7. The molecule has 14 nitrogen and oxygen atoms in total. The first-order chi connectivity index (χ1) is 38.1. The van der Waals surface area contributed by atoms with Gasteiger partial charge in [-0.2, -0.15) is 0 Å². The van der Waals surface area contributed by atoms with E-state index < -0.39 is 80.7 Å². The molecule has 0 spiro atoms. The normalized spacial score (nSPS) is 24.2. The smallest absolute Gasteiger partial charge is 0.306 e. The summed E-state index contributed by atoms with van der Waals surface area (Å²) >= 11 is 0. The van der Waals surface area contributed by atoms with E-state index in [0.717, 1.165) is 44.9 Å². The minimum absolute atomic E-state index is 0.0671. The Morgan fingerprint density at radius 1 is 0.423 bits per heavy atom. The molecule has 0 aliphatic carbocycles. The molecule has 2 rings (SSSR count). The predicted octanol–water partition coefficient (Wildman–Crippen LogP) is 12.7. The number of ether oxygens (including phenoxy) is 6. The van der Waals surface area contributed by atoms with Crippen LogP contribution in [-0.4, -0.2) is 142 Å². The second-order valence-corrected chi connectivity index (χ2v) is 22.9. The number of esters is 1. The zero-order chi connectivity index (χ0) is 56.5. The molecule has 11 unspecified atom stereocenters. The quantitative estimate of drug-likeness (QED) is 0.0172. The van der Waals surface area contributed by atoms with E-state index in [0.29, 0.717) is 13.0 Å². The molecule has 2 heterocycles. The van der Waals surface area contributed by atoms with E-state index in [-0.39, 0.29) is 25.6 Å². The van der Waals surface area contributed by atoms with Crippen LogP contribution >= 0.6 is 0 Å². The van der Waals surface area contributed by atoms with Crippen LogP contribution in [0.1, 0.15) is 277 Å². The Morgan fingerprint density at radius 3 is 1.23 bits per heavy atom. The van der Waals surface area contributed by atoms with Gasteiger partial charge in [0.2, 0.25) is 0 Å². The zero-order valence-corrected chi connectivity index (χ0v) is 49.7. The molecular weight excluding hydrogens is 993 g/mol. The Labute approximate surface area is 475 Å². The number of carbonyl (C=O) groups is 1. The van der Waals surface area contributed by atoms with Gasteiger partial charge < -0.3 is 64.2 Å². The fourth-order valence-electron chi connectivity index (χ4n) is 10.5. The van der Waals surface area contributed by atoms with Gasteiger partial charge in [-0.25, -0.2) is 0 Å². The maximum Gasteiger partial charge on any atom is 0.306 e. The van der Waals surface area contributed by atoms with Crippen molar-refractivity contribution in [2.24, 2.45) is 0 Å². The van der Waals surface area contributed by atoms with Crippen LogP contribution in [0, 0.1) is 0 Å². The molecule has 78 heavy (non-hydrogen) atoms. The Kier molecular flexibility index (Phi) is 47.6. The van der Waals surface area contributed by atoms with Crippen LogP contribution in [-0.2, 0) is 33.2 Å². The van der Waals surface area contributed by atoms with Gasteiger partial charge in [0.05, 0.1) is 26.4 Å². The number of hydrogen-bond donors (Lipinski definition) is 7. The van der Waals surface area contributed by atoms with Gasteiger partial charge in [0.15, 0.2) is 12.6 Å². The molecule has 460 valence electrons. The molecule has 0 saturated carbocycles. The molecule has 2 saturated heterocycles. The molecule has 0 aromatic rings. The summed E-state index contributed by atoms with van der Waals surface area (Å²) in [5.41, 5.74) is 0. The number of rotatable bonds is 54. The van der Waals surface area contributed by atoms with Gasteiger partial charge in [-0.15, -0.1) is 0 Å². The lowest BCUT2D eigenvalue weighted by Crippen LogP contribution is -2.61. The van der Waals surface area contributed by atoms with E-state index in [9.17, 15) is 40.5 Å². The lowest BCUT2D eigenvalue weighted by molar-refractivity contribution is -0.332. The molecule has 0 radical (unpaired) electrons. The Bertz CT molecular complexity index is 1380. The van der Waals surface area contributed by atoms with E-state index in [1.807, 2.05) is 0 Å². The minimum atomic E-state index is -1.70. The molecule has 2 aliphatic heterocycles. The first kappa shape index (κ1) is 72.6. The van der Waals surface area contributed by atoms with Gasteiger partial charge in [0.1, 0.15) is 54.9 Å². The van der Waals surface area contributed by atoms with Crippen molar-refractivity contribution in [3.8, 4) is 0 Å². The summed E-state index contributed by atoms with van der Waals surface area (Å²) in [7, 11) is 0. The van der Waals surface area contributed by atoms with Gasteiger partial charge in [-0.05, 0) is 44.9 Å². The molecule has 0 aromatic heterocycles. The fraction of sp³-hybridized carbons (Fsp3) is 0.922. The first-order valence-corrected chi connectivity index (χ1v) is 32.4. The largest absolute Gasteiger partial charge is 0.457 e. The summed E-state index contributed by atoms with van der Waals surface area (Å²) in [6.07, 6.45) is 43.8. The number of carbonyl (C=O) groups excluding carboxylic acids is 1. The summed E-state index contributed by atoms with van der Waals surface area (Å²) in [5.74, 6) is -0.370. The van der Waals surface area contributed by atoms with Crippen LogP contribution in [0.15, 0.2) is 24.3 Å². The summed E-state index contributed by atoms with van der Waals surface area (Å²) < 4.78 is 34.5. The standard InChI is InChI=1S/C64H120O14/c1-3-5-7-9-11-13-15-17-19-21-23-24-25-26-27-28-29-31-33-35-37-39-41-43-45-47-56(66)76-53(50-73-48-46-44-42-40-38-36-34-32-30-22-20-18-16-14-12-10-8-6-4-2)51-74-63-62(72)60(70)58(68)55(78-63)52-75-64-61(71)59(69)57(67)54(49-65)77-64/h15,17,21,23,53-55,57-65,67-72H,3-14,16,18-20,22,24-52H2,1-2H3/b17-15-,23-21-. The molecule has 7 N–H and O–H groups in total. The van der Waals surface area contributed by atoms with E-state index >= 15 is 0 Å². The number of allylic oxidation sites excluding steroid dienone is 4. The van der Waals surface area contributed by atoms with Gasteiger partial charge in [0, 0.05) is 13.0 Å². The zero-order valence-electron chi connectivity index (χ0n) is 49.7. The molecule has 0 amide bonds. The highest BCUT2D eigenvalue weighted by Crippen LogP contribution is 2.27. The highest BCUT2D eigenvalue weighted by atomic mass is 16.7. The van der Waals surface area contributed by atoms with Gasteiger partial charge in [-0.1, -0.05) is 250 Å². The van der Waals surface area contributed by atoms with E-state index in [1.165, 1.54) is 205 Å². The topological polar surface area (TPSA) is 214 Å². The summed E-state index contributed by atoms with van der Waals surface area (Å²) in [5, 5.41) is 72.5. The average Bonchev–Trinajstić information content (AvgIpc) is 3.44. The van der Waals surface area contributed by atoms with Crippen molar-refractivity contribution < 1.29 is 69.0 Å². The Morgan fingerprint density at radius 2 is 0.795 bits per heavy atom. The fourth-order valence-corrected chi connectivity index (χ4v) is 10.5. The van der Waals surface area contributed by atoms with Crippen molar-refractivity contribution in [3.63, 3.8) is 0 Å². The Hall–Kier alpha value is -1.53. The monoisotopic (exact) mass is 1110 g/mol. The van der Waals surface area contributed by atoms with Crippen LogP contribution in [0.2, 0.25) is 0 Å². The summed E-state index contributed by atoms with van der Waals surface area (Å²) in [4.78, 5) is 13.1. The number of aliphatic hydroxyl groups is 7. The van der Waals surface area contributed by atoms with Crippen molar-refractivity contribution in [2.45, 2.75) is 345 Å². The van der Waals surface area contributed by atoms with Gasteiger partial charge in [0.25, 0.3) is 0 Å². The van der Waals surface area contributed by atoms with Crippen LogP contribution in [0.5, 0.6) is 0 Å². The van der Waals surface area contributed by atoms with Crippen molar-refractivity contribution in [3.05, 3.63) is 24.3 Å². The second-order valence-electron chi connectivity index (χ2n) is 22.9. The van der Waals surface area contributed by atoms with E-state index in [2.05, 4.69) is 38.2 Å². The van der Waals surface area contributed by atoms with Crippen LogP contribution in [0.25, 0.3) is 0 Å². The molecule has 2 aliphatic rings. The number of unbranched alkanes of at least 4 members (excludes halogenated alkanes) is 36. The van der Waals surface area contributed by atoms with Crippen LogP contribution < -0.4 is 0 Å². The maximum atomic E-state index is 13.1. The molecular formula is C64H120O14. The van der Waals surface area contributed by atoms with Crippen molar-refractivity contribution in [1.29, 1.82) is 0 Å². The van der Waals surface area contributed by atoms with Crippen molar-refractivity contribution in [1.82, 2.24) is 0 Å². The molecule has 0 bridgehead atoms. The third-order valence-corrected chi connectivity index (χ3v) is 15.7. The summed E-state index contributed by atoms with van der Waals surface area (Å²) in [6.45, 7) is 3.75. The lowest BCUT2D eigenvalue weighted by Gasteiger charge is -2.42. The average molecular weight is 1110 g/mol. The highest BCUT2D eigenvalue weighted by Gasteiger charge is 2.47. The van der Waals surface area contributed by atoms with Crippen LogP contribution in [0.3, 0.4) is 0 Å². The van der Waals surface area contributed by atoms with Gasteiger partial charge in [-0.3, -0.25) is 4.79 Å². The number of hydrogen-bond acceptors (Lipinski definition) is 14. The molecule has 0 aromatic carbocycles. The van der Waals surface area contributed by atoms with Crippen molar-refractivity contribution in [2.75, 3.05) is 33.0 Å². The maximum absolute atomic E-state index is 13.1. The second kappa shape index (κ2) is 51.1. The van der Waals surface area contributed by atoms with E-state index in [4.69, 9.17) is 28.4 Å². The third kappa shape index (κ3) is 36.8. The van der Waals surface area contributed by atoms with Crippen molar-refractivity contribution >= 4 is 5.97 Å². The first-order valence-electron chi connectivity index (χ1n) is 32.4. The molecule has 11 atom stereocenters. The molecule has 2 fully saturated rings. The minimum Gasteiger partial charge on any atom is -0.457 e. The SMILES string of the molecule is CCCCCCC/C=C\C/C=C\CCCCCCCCCCCCCCCC(=O)OC(COCCCCCCCCCCCCCCCCCCCCC)COC1OC(COC2OC(CO)C(O)C(O)C2O)C(O)C(O)C1O. The lowest BCUT2D eigenvalue weighted by atomic mass is 9.98. The summed E-state index contributed by atoms with van der Waals surface area (Å²) in [6, 6.07) is 0. The highest BCUT2D eigenvalue weighted by molar-refractivity contribution is 5.69. The van der Waals surface area contributed by atoms with Crippen LogP contribution in [0.4, 0.5) is 0 Å². The predicted molar refractivity (Wildman–Crippen MR) is 312 cm³/mol. The van der Waals surface area contributed by atoms with Gasteiger partial charge >= 0.3 is 5.97 Å². The number of aliphatic hydroxyl groups excluding tert-OH is 7. The Balaban J connectivity index is 1.66.